The molecule has 0 aliphatic carbocycles. The largest absolute Gasteiger partial charge is 0.441 e. The van der Waals surface area contributed by atoms with Gasteiger partial charge in [-0.1, -0.05) is 0 Å². The first-order chi connectivity index (χ1) is 14.9. The average Bonchev–Trinajstić information content (AvgIpc) is 3.10. The highest BCUT2D eigenvalue weighted by Crippen LogP contribution is 2.59. The van der Waals surface area contributed by atoms with Crippen molar-refractivity contribution in [2.45, 2.75) is 25.3 Å². The van der Waals surface area contributed by atoms with E-state index in [0.29, 0.717) is 23.8 Å². The molecular weight excluding hydrogens is 462 g/mol. The molecular formula is C18H20N4O8P2. The first kappa shape index (κ1) is 23.9. The molecule has 32 heavy (non-hydrogen) atoms. The van der Waals surface area contributed by atoms with E-state index in [4.69, 9.17) is 24.0 Å². The van der Waals surface area contributed by atoms with E-state index >= 15 is 0 Å². The number of Topliss-reactive ketones (excluding diaryl/α,β-unsaturated/α-hetero) is 1. The lowest BCUT2D eigenvalue weighted by atomic mass is 10.1. The van der Waals surface area contributed by atoms with Crippen LogP contribution in [-0.2, 0) is 15.6 Å². The number of pyridine rings is 2. The molecule has 3 aromatic heterocycles. The molecule has 0 aliphatic rings. The molecule has 3 rings (SSSR count). The summed E-state index contributed by atoms with van der Waals surface area (Å²) in [5.74, 6) is 0.545. The number of hydrogen-bond donors (Lipinski definition) is 5. The summed E-state index contributed by atoms with van der Waals surface area (Å²) in [5.41, 5.74) is -0.830. The highest BCUT2D eigenvalue weighted by Gasteiger charge is 2.43. The molecule has 0 spiro atoms. The zero-order valence-corrected chi connectivity index (χ0v) is 18.5. The Morgan fingerprint density at radius 1 is 1.09 bits per heavy atom. The van der Waals surface area contributed by atoms with Crippen LogP contribution >= 0.6 is 15.2 Å². The Morgan fingerprint density at radius 2 is 1.75 bits per heavy atom. The quantitative estimate of drug-likeness (QED) is 0.221. The lowest BCUT2D eigenvalue weighted by Crippen LogP contribution is -2.20. The molecule has 5 N–H and O–H groups in total. The summed E-state index contributed by atoms with van der Waals surface area (Å²) < 4.78 is 28.3. The molecule has 0 aromatic carbocycles. The van der Waals surface area contributed by atoms with Gasteiger partial charge < -0.3 is 29.3 Å². The van der Waals surface area contributed by atoms with Crippen LogP contribution in [0.2, 0.25) is 0 Å². The number of rotatable bonds is 9. The second-order valence-corrected chi connectivity index (χ2v) is 10.6. The molecule has 0 fully saturated rings. The van der Waals surface area contributed by atoms with Crippen LogP contribution in [0.15, 0.2) is 47.3 Å². The van der Waals surface area contributed by atoms with Crippen molar-refractivity contribution in [1.82, 2.24) is 15.0 Å². The van der Waals surface area contributed by atoms with Crippen LogP contribution in [0.1, 0.15) is 28.2 Å². The van der Waals surface area contributed by atoms with Crippen LogP contribution in [0.4, 0.5) is 5.82 Å². The molecule has 3 aromatic rings. The molecule has 12 nitrogen and oxygen atoms in total. The molecule has 0 saturated heterocycles. The van der Waals surface area contributed by atoms with Gasteiger partial charge in [-0.25, -0.2) is 9.97 Å². The van der Waals surface area contributed by atoms with E-state index in [-0.39, 0.29) is 23.6 Å². The Bertz CT molecular complexity index is 1170. The smallest absolute Gasteiger partial charge is 0.360 e. The molecule has 0 amide bonds. The Balaban J connectivity index is 1.65. The molecule has 0 unspecified atom stereocenters. The van der Waals surface area contributed by atoms with Crippen LogP contribution in [0.3, 0.4) is 0 Å². The van der Waals surface area contributed by atoms with Crippen molar-refractivity contribution >= 4 is 26.8 Å². The summed E-state index contributed by atoms with van der Waals surface area (Å²) in [6.07, 6.45) is 4.80. The minimum atomic E-state index is -5.16. The van der Waals surface area contributed by atoms with Gasteiger partial charge >= 0.3 is 15.2 Å². The van der Waals surface area contributed by atoms with Gasteiger partial charge in [0.1, 0.15) is 11.6 Å². The summed E-state index contributed by atoms with van der Waals surface area (Å²) in [6, 6.07) is 6.05. The number of oxazole rings is 1. The SMILES string of the molecule is Cc1oc(-c2ccncc2)nc1CCC(=O)c1ccc(NC(P(=O)(O)O)P(=O)(O)O)nc1. The third-order valence-corrected chi connectivity index (χ3v) is 7.75. The number of ketones is 1. The van der Waals surface area contributed by atoms with E-state index in [2.05, 4.69) is 15.0 Å². The Labute approximate surface area is 182 Å². The van der Waals surface area contributed by atoms with Gasteiger partial charge in [0.25, 0.3) is 0 Å². The average molecular weight is 482 g/mol. The highest BCUT2D eigenvalue weighted by atomic mass is 31.2. The van der Waals surface area contributed by atoms with Gasteiger partial charge in [0.05, 0.1) is 5.69 Å². The number of carbonyl (C=O) groups excluding carboxylic acids is 1. The molecule has 170 valence electrons. The summed E-state index contributed by atoms with van der Waals surface area (Å²) in [5, 5.41) is 2.03. The number of nitrogens with one attached hydrogen (secondary N) is 1. The first-order valence-corrected chi connectivity index (χ1v) is 12.5. The van der Waals surface area contributed by atoms with E-state index < -0.39 is 20.7 Å². The third kappa shape index (κ3) is 5.95. The fraction of sp³-hybridized carbons (Fsp3) is 0.222. The highest BCUT2D eigenvalue weighted by molar-refractivity contribution is 7.71. The fourth-order valence-electron chi connectivity index (χ4n) is 2.79. The summed E-state index contributed by atoms with van der Waals surface area (Å²) in [4.78, 5) is 61.3. The van der Waals surface area contributed by atoms with Crippen molar-refractivity contribution in [3.63, 3.8) is 0 Å². The number of nitrogens with zero attached hydrogens (tertiary/aromatic N) is 3. The number of aromatic nitrogens is 3. The minimum absolute atomic E-state index is 0.102. The van der Waals surface area contributed by atoms with E-state index in [1.807, 2.05) is 5.32 Å². The normalized spacial score (nSPS) is 12.2. The van der Waals surface area contributed by atoms with Crippen LogP contribution in [0.5, 0.6) is 0 Å². The zero-order valence-electron chi connectivity index (χ0n) is 16.7. The van der Waals surface area contributed by atoms with Crippen LogP contribution in [-0.4, -0.2) is 45.8 Å². The molecule has 3 heterocycles. The Morgan fingerprint density at radius 3 is 2.31 bits per heavy atom. The van der Waals surface area contributed by atoms with E-state index in [1.54, 1.807) is 31.5 Å². The summed E-state index contributed by atoms with van der Waals surface area (Å²) >= 11 is 0. The van der Waals surface area contributed by atoms with Crippen molar-refractivity contribution < 1.29 is 37.9 Å². The molecule has 0 bridgehead atoms. The van der Waals surface area contributed by atoms with Crippen molar-refractivity contribution in [3.05, 3.63) is 59.9 Å². The number of aryl methyl sites for hydroxylation is 2. The Kier molecular flexibility index (Phi) is 7.04. The molecule has 0 atom stereocenters. The molecule has 0 radical (unpaired) electrons. The van der Waals surface area contributed by atoms with Gasteiger partial charge in [-0.2, -0.15) is 0 Å². The van der Waals surface area contributed by atoms with Gasteiger partial charge in [0.2, 0.25) is 11.4 Å². The zero-order chi connectivity index (χ0) is 23.5. The van der Waals surface area contributed by atoms with E-state index in [9.17, 15) is 13.9 Å². The second-order valence-electron chi connectivity index (χ2n) is 6.81. The molecule has 0 saturated carbocycles. The Hall–Kier alpha value is -2.72. The van der Waals surface area contributed by atoms with Crippen molar-refractivity contribution in [2.75, 3.05) is 5.32 Å². The number of carbonyl (C=O) groups is 1. The van der Waals surface area contributed by atoms with Gasteiger partial charge in [0, 0.05) is 42.6 Å². The van der Waals surface area contributed by atoms with Crippen molar-refractivity contribution in [2.24, 2.45) is 0 Å². The lowest BCUT2D eigenvalue weighted by molar-refractivity contribution is 0.0982. The molecule has 14 heteroatoms. The topological polar surface area (TPSA) is 196 Å². The minimum Gasteiger partial charge on any atom is -0.441 e. The lowest BCUT2D eigenvalue weighted by Gasteiger charge is -2.21. The van der Waals surface area contributed by atoms with Crippen LogP contribution in [0.25, 0.3) is 11.5 Å². The third-order valence-electron chi connectivity index (χ3n) is 4.41. The van der Waals surface area contributed by atoms with Crippen molar-refractivity contribution in [3.8, 4) is 11.5 Å². The standard InChI is InChI=1S/C18H20N4O8P2/c1-11-14(21-17(30-11)12-6-8-19-9-7-12)3-4-15(23)13-2-5-16(20-10-13)22-18(31(24,25)26)32(27,28)29/h2,5-10,18H,3-4H2,1H3,(H,20,22)(H2,24,25,26)(H2,27,28,29). The monoisotopic (exact) mass is 482 g/mol. The maximum absolute atomic E-state index is 12.5. The predicted octanol–water partition coefficient (Wildman–Crippen LogP) is 2.31. The van der Waals surface area contributed by atoms with Crippen LogP contribution in [0, 0.1) is 6.92 Å². The maximum Gasteiger partial charge on any atom is 0.360 e. The van der Waals surface area contributed by atoms with E-state index in [0.717, 1.165) is 11.8 Å². The van der Waals surface area contributed by atoms with E-state index in [1.165, 1.54) is 12.1 Å². The fourth-order valence-corrected chi connectivity index (χ4v) is 4.96. The number of hydrogen-bond acceptors (Lipinski definition) is 8. The number of anilines is 1. The maximum atomic E-state index is 12.5. The second kappa shape index (κ2) is 9.41. The van der Waals surface area contributed by atoms with Gasteiger partial charge in [0.15, 0.2) is 5.78 Å². The summed E-state index contributed by atoms with van der Waals surface area (Å²) in [6.45, 7) is 1.75. The predicted molar refractivity (Wildman–Crippen MR) is 113 cm³/mol. The molecule has 0 aliphatic heterocycles. The summed E-state index contributed by atoms with van der Waals surface area (Å²) in [7, 11) is -10.3. The van der Waals surface area contributed by atoms with Crippen molar-refractivity contribution in [1.29, 1.82) is 0 Å². The van der Waals surface area contributed by atoms with Gasteiger partial charge in [-0.3, -0.25) is 18.9 Å². The van der Waals surface area contributed by atoms with Gasteiger partial charge in [-0.15, -0.1) is 0 Å². The van der Waals surface area contributed by atoms with Gasteiger partial charge in [-0.05, 0) is 31.2 Å². The first-order valence-electron chi connectivity index (χ1n) is 9.18. The van der Waals surface area contributed by atoms with Crippen LogP contribution < -0.4 is 5.32 Å².